The highest BCUT2D eigenvalue weighted by atomic mass is 16.3. The average molecular weight is 227 g/mol. The first-order chi connectivity index (χ1) is 8.33. The van der Waals surface area contributed by atoms with E-state index in [1.807, 2.05) is 36.4 Å². The lowest BCUT2D eigenvalue weighted by atomic mass is 10.0. The number of para-hydroxylation sites is 1. The topological polar surface area (TPSA) is 56.2 Å². The first-order valence-corrected chi connectivity index (χ1v) is 5.57. The highest BCUT2D eigenvalue weighted by molar-refractivity contribution is 6.07. The molecule has 0 saturated carbocycles. The Morgan fingerprint density at radius 2 is 1.53 bits per heavy atom. The van der Waals surface area contributed by atoms with E-state index in [2.05, 4.69) is 4.98 Å². The van der Waals surface area contributed by atoms with Gasteiger partial charge in [0.25, 0.3) is 0 Å². The fraction of sp³-hybridized carbons (Fsp3) is 0.143. The molecule has 0 aliphatic carbocycles. The second kappa shape index (κ2) is 3.87. The van der Waals surface area contributed by atoms with E-state index in [0.717, 1.165) is 32.9 Å². The summed E-state index contributed by atoms with van der Waals surface area (Å²) in [6.07, 6.45) is 0. The standard InChI is InChI=1S/C14H13NO2/c16-7-9-5-12-11-3-1-2-4-13(11)15-14(12)6-10(9)8-17/h1-6,15-17H,7-8H2. The maximum Gasteiger partial charge on any atom is 0.0686 e. The van der Waals surface area contributed by atoms with Crippen molar-refractivity contribution in [2.75, 3.05) is 0 Å². The molecule has 0 aliphatic heterocycles. The van der Waals surface area contributed by atoms with Crippen molar-refractivity contribution in [3.8, 4) is 0 Å². The Bertz CT molecular complexity index is 685. The zero-order valence-electron chi connectivity index (χ0n) is 9.27. The molecule has 0 spiro atoms. The van der Waals surface area contributed by atoms with E-state index in [9.17, 15) is 10.2 Å². The number of benzene rings is 2. The smallest absolute Gasteiger partial charge is 0.0686 e. The zero-order valence-corrected chi connectivity index (χ0v) is 9.27. The molecule has 0 unspecified atom stereocenters. The number of aliphatic hydroxyl groups is 2. The lowest BCUT2D eigenvalue weighted by molar-refractivity contribution is 0.260. The maximum absolute atomic E-state index is 9.30. The Labute approximate surface area is 98.3 Å². The van der Waals surface area contributed by atoms with Crippen LogP contribution in [0.15, 0.2) is 36.4 Å². The molecule has 0 saturated heterocycles. The summed E-state index contributed by atoms with van der Waals surface area (Å²) in [5.74, 6) is 0. The maximum atomic E-state index is 9.30. The third-order valence-corrected chi connectivity index (χ3v) is 3.17. The van der Waals surface area contributed by atoms with Crippen LogP contribution in [0, 0.1) is 0 Å². The van der Waals surface area contributed by atoms with Crippen molar-refractivity contribution in [2.45, 2.75) is 13.2 Å². The SMILES string of the molecule is OCc1cc2[nH]c3ccccc3c2cc1CO. The number of nitrogens with one attached hydrogen (secondary N) is 1. The summed E-state index contributed by atoms with van der Waals surface area (Å²) in [5.41, 5.74) is 3.62. The first kappa shape index (κ1) is 10.3. The molecule has 0 bridgehead atoms. The van der Waals surface area contributed by atoms with Crippen LogP contribution < -0.4 is 0 Å². The van der Waals surface area contributed by atoms with Gasteiger partial charge < -0.3 is 15.2 Å². The van der Waals surface area contributed by atoms with Crippen LogP contribution in [0.3, 0.4) is 0 Å². The fourth-order valence-electron chi connectivity index (χ4n) is 2.28. The summed E-state index contributed by atoms with van der Waals surface area (Å²) in [4.78, 5) is 3.31. The molecule has 0 aliphatic rings. The van der Waals surface area contributed by atoms with Gasteiger partial charge in [0.05, 0.1) is 13.2 Å². The molecule has 0 amide bonds. The third kappa shape index (κ3) is 1.52. The Balaban J connectivity index is 2.41. The number of hydrogen-bond acceptors (Lipinski definition) is 2. The van der Waals surface area contributed by atoms with E-state index in [0.29, 0.717) is 0 Å². The fourth-order valence-corrected chi connectivity index (χ4v) is 2.28. The Kier molecular flexibility index (Phi) is 2.35. The number of aromatic nitrogens is 1. The van der Waals surface area contributed by atoms with Crippen LogP contribution in [0.1, 0.15) is 11.1 Å². The number of hydrogen-bond donors (Lipinski definition) is 3. The molecule has 3 heteroatoms. The summed E-state index contributed by atoms with van der Waals surface area (Å²) in [5, 5.41) is 20.8. The summed E-state index contributed by atoms with van der Waals surface area (Å²) < 4.78 is 0. The van der Waals surface area contributed by atoms with Gasteiger partial charge in [0.2, 0.25) is 0 Å². The molecular formula is C14H13NO2. The van der Waals surface area contributed by atoms with Gasteiger partial charge in [0.15, 0.2) is 0 Å². The summed E-state index contributed by atoms with van der Waals surface area (Å²) in [6.45, 7) is -0.105. The van der Waals surface area contributed by atoms with Crippen LogP contribution in [0.5, 0.6) is 0 Å². The van der Waals surface area contributed by atoms with Gasteiger partial charge in [0.1, 0.15) is 0 Å². The average Bonchev–Trinajstić information content (AvgIpc) is 2.74. The van der Waals surface area contributed by atoms with Gasteiger partial charge in [-0.2, -0.15) is 0 Å². The quantitative estimate of drug-likeness (QED) is 0.629. The van der Waals surface area contributed by atoms with Gasteiger partial charge in [0, 0.05) is 21.8 Å². The van der Waals surface area contributed by atoms with E-state index in [4.69, 9.17) is 0 Å². The molecule has 1 aromatic heterocycles. The third-order valence-electron chi connectivity index (χ3n) is 3.17. The first-order valence-electron chi connectivity index (χ1n) is 5.57. The van der Waals surface area contributed by atoms with Gasteiger partial charge >= 0.3 is 0 Å². The predicted molar refractivity (Wildman–Crippen MR) is 67.7 cm³/mol. The summed E-state index contributed by atoms with van der Waals surface area (Å²) >= 11 is 0. The second-order valence-corrected chi connectivity index (χ2v) is 4.15. The molecule has 3 N–H and O–H groups in total. The zero-order chi connectivity index (χ0) is 11.8. The highest BCUT2D eigenvalue weighted by Gasteiger charge is 2.08. The van der Waals surface area contributed by atoms with Crippen molar-refractivity contribution in [1.82, 2.24) is 4.98 Å². The van der Waals surface area contributed by atoms with E-state index < -0.39 is 0 Å². The molecule has 3 aromatic rings. The van der Waals surface area contributed by atoms with E-state index in [1.54, 1.807) is 0 Å². The van der Waals surface area contributed by atoms with Crippen molar-refractivity contribution in [3.05, 3.63) is 47.5 Å². The molecule has 86 valence electrons. The number of H-pyrrole nitrogens is 1. The second-order valence-electron chi connectivity index (χ2n) is 4.15. The van der Waals surface area contributed by atoms with Crippen LogP contribution >= 0.6 is 0 Å². The van der Waals surface area contributed by atoms with Crippen LogP contribution in [0.2, 0.25) is 0 Å². The van der Waals surface area contributed by atoms with Crippen LogP contribution in [0.4, 0.5) is 0 Å². The summed E-state index contributed by atoms with van der Waals surface area (Å²) in [7, 11) is 0. The van der Waals surface area contributed by atoms with Crippen molar-refractivity contribution in [1.29, 1.82) is 0 Å². The monoisotopic (exact) mass is 227 g/mol. The van der Waals surface area contributed by atoms with E-state index >= 15 is 0 Å². The minimum atomic E-state index is -0.0544. The van der Waals surface area contributed by atoms with E-state index in [1.165, 1.54) is 0 Å². The number of aromatic amines is 1. The van der Waals surface area contributed by atoms with Gasteiger partial charge in [-0.1, -0.05) is 18.2 Å². The molecule has 3 nitrogen and oxygen atoms in total. The number of rotatable bonds is 2. The van der Waals surface area contributed by atoms with Crippen molar-refractivity contribution in [3.63, 3.8) is 0 Å². The molecule has 0 atom stereocenters. The molecule has 17 heavy (non-hydrogen) atoms. The van der Waals surface area contributed by atoms with Crippen LogP contribution in [-0.4, -0.2) is 15.2 Å². The molecule has 0 radical (unpaired) electrons. The van der Waals surface area contributed by atoms with Gasteiger partial charge in [-0.15, -0.1) is 0 Å². The number of fused-ring (bicyclic) bond motifs is 3. The van der Waals surface area contributed by atoms with E-state index in [-0.39, 0.29) is 13.2 Å². The molecule has 0 fully saturated rings. The molecule has 1 heterocycles. The highest BCUT2D eigenvalue weighted by Crippen LogP contribution is 2.28. The molecule has 2 aromatic carbocycles. The Morgan fingerprint density at radius 3 is 2.29 bits per heavy atom. The minimum Gasteiger partial charge on any atom is -0.392 e. The van der Waals surface area contributed by atoms with Gasteiger partial charge in [-0.05, 0) is 29.3 Å². The predicted octanol–water partition coefficient (Wildman–Crippen LogP) is 2.31. The summed E-state index contributed by atoms with van der Waals surface area (Å²) in [6, 6.07) is 11.9. The lowest BCUT2D eigenvalue weighted by Crippen LogP contribution is -1.93. The van der Waals surface area contributed by atoms with Gasteiger partial charge in [-0.25, -0.2) is 0 Å². The lowest BCUT2D eigenvalue weighted by Gasteiger charge is -2.04. The van der Waals surface area contributed by atoms with Crippen LogP contribution in [-0.2, 0) is 13.2 Å². The van der Waals surface area contributed by atoms with Crippen molar-refractivity contribution < 1.29 is 10.2 Å². The Morgan fingerprint density at radius 1 is 0.824 bits per heavy atom. The molecule has 3 rings (SSSR count). The van der Waals surface area contributed by atoms with Gasteiger partial charge in [-0.3, -0.25) is 0 Å². The van der Waals surface area contributed by atoms with Crippen LogP contribution in [0.25, 0.3) is 21.8 Å². The molecular weight excluding hydrogens is 214 g/mol. The minimum absolute atomic E-state index is 0.0503. The van der Waals surface area contributed by atoms with Crippen molar-refractivity contribution >= 4 is 21.8 Å². The Hall–Kier alpha value is -1.84. The largest absolute Gasteiger partial charge is 0.392 e. The van der Waals surface area contributed by atoms with Crippen molar-refractivity contribution in [2.24, 2.45) is 0 Å². The number of aliphatic hydroxyl groups excluding tert-OH is 2. The normalized spacial score (nSPS) is 11.4.